The summed E-state index contributed by atoms with van der Waals surface area (Å²) in [4.78, 5) is 14.7. The second-order valence-corrected chi connectivity index (χ2v) is 8.75. The summed E-state index contributed by atoms with van der Waals surface area (Å²) in [5, 5.41) is 3.20. The lowest BCUT2D eigenvalue weighted by Gasteiger charge is -2.44. The molecule has 2 heterocycles. The van der Waals surface area contributed by atoms with Gasteiger partial charge in [0.15, 0.2) is 0 Å². The molecule has 1 aromatic rings. The third kappa shape index (κ3) is 3.29. The first kappa shape index (κ1) is 16.3. The Hall–Kier alpha value is -1.20. The molecule has 1 spiro atoms. The molecule has 1 atom stereocenters. The van der Waals surface area contributed by atoms with Crippen LogP contribution in [0.3, 0.4) is 0 Å². The number of thioether (sulfide) groups is 1. The van der Waals surface area contributed by atoms with Crippen molar-refractivity contribution in [3.05, 3.63) is 35.4 Å². The Kier molecular flexibility index (Phi) is 4.72. The summed E-state index contributed by atoms with van der Waals surface area (Å²) in [7, 11) is 0. The van der Waals surface area contributed by atoms with Crippen molar-refractivity contribution in [2.45, 2.75) is 36.3 Å². The number of benzene rings is 1. The van der Waals surface area contributed by atoms with Gasteiger partial charge in [0.2, 0.25) is 0 Å². The zero-order valence-electron chi connectivity index (χ0n) is 14.1. The van der Waals surface area contributed by atoms with Crippen LogP contribution in [0.2, 0.25) is 0 Å². The zero-order chi connectivity index (χ0) is 16.4. The van der Waals surface area contributed by atoms with Gasteiger partial charge in [0.1, 0.15) is 0 Å². The van der Waals surface area contributed by atoms with Gasteiger partial charge in [-0.3, -0.25) is 0 Å². The highest BCUT2D eigenvalue weighted by Crippen LogP contribution is 2.39. The van der Waals surface area contributed by atoms with Crippen LogP contribution in [0.5, 0.6) is 0 Å². The molecule has 2 saturated heterocycles. The van der Waals surface area contributed by atoms with Crippen LogP contribution < -0.4 is 5.32 Å². The summed E-state index contributed by atoms with van der Waals surface area (Å²) in [6, 6.07) is 8.76. The van der Waals surface area contributed by atoms with Crippen LogP contribution in [-0.2, 0) is 11.2 Å². The fraction of sp³-hybridized carbons (Fsp3) is 0.632. The lowest BCUT2D eigenvalue weighted by atomic mass is 9.98. The second kappa shape index (κ2) is 6.96. The maximum absolute atomic E-state index is 12.7. The number of nitrogens with zero attached hydrogens (tertiary/aromatic N) is 1. The average Bonchev–Trinajstić information content (AvgIpc) is 3.03. The molecule has 24 heavy (non-hydrogen) atoms. The molecule has 2 aliphatic heterocycles. The quantitative estimate of drug-likeness (QED) is 0.895. The standard InChI is InChI=1S/C19H26N2O2S/c22-18(20-13-16-6-5-15-3-1-2-4-17(15)16)21-9-12-24-19(14-21)7-10-23-11-8-19/h1-4,16H,5-14H2,(H,20,22)/t16-/m0/s1. The molecule has 0 radical (unpaired) electrons. The van der Waals surface area contributed by atoms with Crippen LogP contribution in [-0.4, -0.2) is 54.3 Å². The van der Waals surface area contributed by atoms with Crippen molar-refractivity contribution in [3.8, 4) is 0 Å². The lowest BCUT2D eigenvalue weighted by Crippen LogP contribution is -2.54. The maximum Gasteiger partial charge on any atom is 0.317 e. The van der Waals surface area contributed by atoms with Gasteiger partial charge in [-0.05, 0) is 36.8 Å². The number of rotatable bonds is 2. The fourth-order valence-electron chi connectivity index (χ4n) is 4.24. The van der Waals surface area contributed by atoms with Crippen molar-refractivity contribution < 1.29 is 9.53 Å². The van der Waals surface area contributed by atoms with E-state index in [2.05, 4.69) is 29.6 Å². The first-order valence-electron chi connectivity index (χ1n) is 9.08. The molecule has 130 valence electrons. The zero-order valence-corrected chi connectivity index (χ0v) is 14.9. The molecule has 2 amide bonds. The van der Waals surface area contributed by atoms with Gasteiger partial charge in [0, 0.05) is 49.3 Å². The number of fused-ring (bicyclic) bond motifs is 1. The summed E-state index contributed by atoms with van der Waals surface area (Å²) in [6.07, 6.45) is 4.42. The number of hydrogen-bond acceptors (Lipinski definition) is 3. The Morgan fingerprint density at radius 2 is 2.17 bits per heavy atom. The average molecular weight is 346 g/mol. The highest BCUT2D eigenvalue weighted by atomic mass is 32.2. The largest absolute Gasteiger partial charge is 0.381 e. The number of urea groups is 1. The molecule has 3 aliphatic rings. The number of amides is 2. The first-order valence-corrected chi connectivity index (χ1v) is 10.1. The van der Waals surface area contributed by atoms with Gasteiger partial charge in [-0.15, -0.1) is 0 Å². The second-order valence-electron chi connectivity index (χ2n) is 7.19. The summed E-state index contributed by atoms with van der Waals surface area (Å²) >= 11 is 2.04. The molecule has 1 aliphatic carbocycles. The molecule has 4 nitrogen and oxygen atoms in total. The minimum absolute atomic E-state index is 0.116. The van der Waals surface area contributed by atoms with Crippen molar-refractivity contribution in [2.75, 3.05) is 38.6 Å². The molecular formula is C19H26N2O2S. The van der Waals surface area contributed by atoms with Crippen LogP contribution in [0.15, 0.2) is 24.3 Å². The van der Waals surface area contributed by atoms with Crippen LogP contribution in [0, 0.1) is 0 Å². The molecule has 4 rings (SSSR count). The minimum Gasteiger partial charge on any atom is -0.381 e. The minimum atomic E-state index is 0.116. The molecule has 0 saturated carbocycles. The number of ether oxygens (including phenoxy) is 1. The highest BCUT2D eigenvalue weighted by molar-refractivity contribution is 8.00. The number of aryl methyl sites for hydroxylation is 1. The fourth-order valence-corrected chi connectivity index (χ4v) is 5.69. The maximum atomic E-state index is 12.7. The Bertz CT molecular complexity index is 595. The van der Waals surface area contributed by atoms with Crippen molar-refractivity contribution in [1.29, 1.82) is 0 Å². The molecule has 5 heteroatoms. The van der Waals surface area contributed by atoms with E-state index in [-0.39, 0.29) is 10.8 Å². The molecule has 0 aromatic heterocycles. The van der Waals surface area contributed by atoms with Crippen molar-refractivity contribution in [1.82, 2.24) is 10.2 Å². The van der Waals surface area contributed by atoms with Gasteiger partial charge >= 0.3 is 6.03 Å². The topological polar surface area (TPSA) is 41.6 Å². The van der Waals surface area contributed by atoms with Gasteiger partial charge in [0.25, 0.3) is 0 Å². The molecule has 0 unspecified atom stereocenters. The van der Waals surface area contributed by atoms with E-state index in [9.17, 15) is 4.79 Å². The summed E-state index contributed by atoms with van der Waals surface area (Å²) in [5.74, 6) is 1.51. The van der Waals surface area contributed by atoms with Crippen molar-refractivity contribution >= 4 is 17.8 Å². The van der Waals surface area contributed by atoms with Crippen LogP contribution >= 0.6 is 11.8 Å². The van der Waals surface area contributed by atoms with E-state index in [4.69, 9.17) is 4.74 Å². The van der Waals surface area contributed by atoms with Crippen LogP contribution in [0.25, 0.3) is 0 Å². The number of nitrogens with one attached hydrogen (secondary N) is 1. The highest BCUT2D eigenvalue weighted by Gasteiger charge is 2.39. The van der Waals surface area contributed by atoms with Crippen LogP contribution in [0.4, 0.5) is 4.79 Å². The Balaban J connectivity index is 1.33. The summed E-state index contributed by atoms with van der Waals surface area (Å²) in [6.45, 7) is 4.16. The van der Waals surface area contributed by atoms with E-state index in [1.807, 2.05) is 16.7 Å². The third-order valence-electron chi connectivity index (χ3n) is 5.70. The first-order chi connectivity index (χ1) is 11.8. The SMILES string of the molecule is O=C(NC[C@@H]1CCc2ccccc21)N1CCSC2(CCOCC2)C1. The van der Waals surface area contributed by atoms with E-state index in [1.165, 1.54) is 11.1 Å². The normalized spacial score (nSPS) is 25.5. The van der Waals surface area contributed by atoms with Gasteiger partial charge in [-0.25, -0.2) is 4.79 Å². The predicted molar refractivity (Wildman–Crippen MR) is 97.7 cm³/mol. The van der Waals surface area contributed by atoms with Gasteiger partial charge in [-0.2, -0.15) is 11.8 Å². The molecular weight excluding hydrogens is 320 g/mol. The van der Waals surface area contributed by atoms with Crippen molar-refractivity contribution in [2.24, 2.45) is 0 Å². The van der Waals surface area contributed by atoms with Gasteiger partial charge in [-0.1, -0.05) is 24.3 Å². The van der Waals surface area contributed by atoms with E-state index >= 15 is 0 Å². The van der Waals surface area contributed by atoms with Crippen molar-refractivity contribution in [3.63, 3.8) is 0 Å². The smallest absolute Gasteiger partial charge is 0.317 e. The molecule has 1 N–H and O–H groups in total. The number of carbonyl (C=O) groups is 1. The monoisotopic (exact) mass is 346 g/mol. The van der Waals surface area contributed by atoms with E-state index in [1.54, 1.807) is 0 Å². The Morgan fingerprint density at radius 1 is 1.33 bits per heavy atom. The van der Waals surface area contributed by atoms with E-state index in [0.29, 0.717) is 5.92 Å². The Morgan fingerprint density at radius 3 is 3.04 bits per heavy atom. The third-order valence-corrected chi connectivity index (χ3v) is 7.23. The molecule has 1 aromatic carbocycles. The predicted octanol–water partition coefficient (Wildman–Crippen LogP) is 3.02. The molecule has 2 fully saturated rings. The summed E-state index contributed by atoms with van der Waals surface area (Å²) in [5.41, 5.74) is 2.88. The Labute approximate surface area is 148 Å². The number of carbonyl (C=O) groups excluding carboxylic acids is 1. The van der Waals surface area contributed by atoms with E-state index < -0.39 is 0 Å². The molecule has 0 bridgehead atoms. The van der Waals surface area contributed by atoms with Gasteiger partial charge < -0.3 is 15.0 Å². The lowest BCUT2D eigenvalue weighted by molar-refractivity contribution is 0.0669. The van der Waals surface area contributed by atoms with Crippen LogP contribution in [0.1, 0.15) is 36.3 Å². The summed E-state index contributed by atoms with van der Waals surface area (Å²) < 4.78 is 5.74. The van der Waals surface area contributed by atoms with Gasteiger partial charge in [0.05, 0.1) is 0 Å². The number of hydrogen-bond donors (Lipinski definition) is 1. The van der Waals surface area contributed by atoms with E-state index in [0.717, 1.165) is 64.3 Å².